The van der Waals surface area contributed by atoms with Crippen molar-refractivity contribution in [3.63, 3.8) is 0 Å². The number of fused-ring (bicyclic) bond motifs is 8. The summed E-state index contributed by atoms with van der Waals surface area (Å²) in [5.41, 5.74) is 5.44. The number of methoxy groups -OCH3 is 2. The summed E-state index contributed by atoms with van der Waals surface area (Å²) in [6, 6.07) is 13.7. The third-order valence-corrected chi connectivity index (χ3v) is 15.1. The zero-order valence-electron chi connectivity index (χ0n) is 32.7. The maximum absolute atomic E-state index is 12.2. The van der Waals surface area contributed by atoms with Gasteiger partial charge in [-0.2, -0.15) is 8.61 Å². The van der Waals surface area contributed by atoms with Crippen LogP contribution in [0.3, 0.4) is 0 Å². The van der Waals surface area contributed by atoms with Gasteiger partial charge in [0, 0.05) is 75.6 Å². The van der Waals surface area contributed by atoms with Crippen LogP contribution in [-0.2, 0) is 42.5 Å². The first-order valence-electron chi connectivity index (χ1n) is 19.5. The van der Waals surface area contributed by atoms with Gasteiger partial charge in [0.2, 0.25) is 20.0 Å². The summed E-state index contributed by atoms with van der Waals surface area (Å²) in [5.74, 6) is 0.256. The lowest BCUT2D eigenvalue weighted by Gasteiger charge is -2.51. The molecule has 0 aliphatic carbocycles. The van der Waals surface area contributed by atoms with Crippen LogP contribution < -0.4 is 9.47 Å². The van der Waals surface area contributed by atoms with Gasteiger partial charge in [0.25, 0.3) is 0 Å². The summed E-state index contributed by atoms with van der Waals surface area (Å²) in [6.07, 6.45) is 12.0. The average molecular weight is 817 g/mol. The first-order valence-corrected chi connectivity index (χ1v) is 23.2. The Balaban J connectivity index is 0.000000160. The van der Waals surface area contributed by atoms with Crippen LogP contribution in [0.15, 0.2) is 48.6 Å². The van der Waals surface area contributed by atoms with Crippen molar-refractivity contribution >= 4 is 32.0 Å². The molecule has 6 aliphatic heterocycles. The molecule has 0 amide bonds. The molecule has 6 aliphatic rings. The number of carboxylic acid groups (broad SMARTS) is 2. The number of benzene rings is 2. The molecule has 14 nitrogen and oxygen atoms in total. The summed E-state index contributed by atoms with van der Waals surface area (Å²) in [4.78, 5) is 24.2. The molecule has 4 saturated heterocycles. The van der Waals surface area contributed by atoms with Crippen LogP contribution in [0.4, 0.5) is 0 Å². The molecule has 308 valence electrons. The maximum Gasteiger partial charge on any atom is 0.328 e. The summed E-state index contributed by atoms with van der Waals surface area (Å²) in [6.45, 7) is 5.53. The van der Waals surface area contributed by atoms with Crippen LogP contribution >= 0.6 is 0 Å². The van der Waals surface area contributed by atoms with Gasteiger partial charge < -0.3 is 19.7 Å². The van der Waals surface area contributed by atoms with E-state index < -0.39 is 32.0 Å². The lowest BCUT2D eigenvalue weighted by atomic mass is 9.77. The van der Waals surface area contributed by atoms with Crippen molar-refractivity contribution < 1.29 is 46.1 Å². The normalized spacial score (nSPS) is 27.9. The molecule has 6 atom stereocenters. The molecule has 2 N–H and O–H groups in total. The quantitative estimate of drug-likeness (QED) is 0.405. The molecule has 0 spiro atoms. The van der Waals surface area contributed by atoms with Crippen molar-refractivity contribution in [2.24, 2.45) is 11.8 Å². The van der Waals surface area contributed by atoms with Gasteiger partial charge in [-0.05, 0) is 110 Å². The highest BCUT2D eigenvalue weighted by Crippen LogP contribution is 2.45. The van der Waals surface area contributed by atoms with Gasteiger partial charge in [0.15, 0.2) is 0 Å². The molecule has 16 heteroatoms. The van der Waals surface area contributed by atoms with E-state index in [2.05, 4.69) is 34.1 Å². The molecule has 2 aromatic rings. The van der Waals surface area contributed by atoms with E-state index in [1.54, 1.807) is 22.8 Å². The second kappa shape index (κ2) is 17.5. The molecule has 0 aromatic heterocycles. The van der Waals surface area contributed by atoms with Crippen molar-refractivity contribution in [3.05, 3.63) is 70.8 Å². The van der Waals surface area contributed by atoms with Crippen LogP contribution in [-0.4, -0.2) is 135 Å². The molecular weight excluding hydrogens is 761 g/mol. The fraction of sp³-hybridized carbons (Fsp3) is 0.600. The highest BCUT2D eigenvalue weighted by Gasteiger charge is 2.46. The topological polar surface area (TPSA) is 174 Å². The number of ether oxygens (including phenoxy) is 2. The van der Waals surface area contributed by atoms with Crippen molar-refractivity contribution in [1.29, 1.82) is 0 Å². The van der Waals surface area contributed by atoms with Crippen molar-refractivity contribution in [2.45, 2.75) is 75.5 Å². The van der Waals surface area contributed by atoms with E-state index >= 15 is 0 Å². The Kier molecular flexibility index (Phi) is 13.2. The Morgan fingerprint density at radius 2 is 1.05 bits per heavy atom. The summed E-state index contributed by atoms with van der Waals surface area (Å²) in [5, 5.41) is 15.6. The minimum Gasteiger partial charge on any atom is -0.497 e. The zero-order chi connectivity index (χ0) is 40.4. The number of piperidine rings is 4. The zero-order valence-corrected chi connectivity index (χ0v) is 34.4. The first kappa shape index (κ1) is 42.1. The lowest BCUT2D eigenvalue weighted by Crippen LogP contribution is -2.57. The van der Waals surface area contributed by atoms with Gasteiger partial charge in [-0.1, -0.05) is 12.1 Å². The number of carbonyl (C=O) groups is 2. The van der Waals surface area contributed by atoms with Crippen molar-refractivity contribution in [1.82, 2.24) is 18.4 Å². The van der Waals surface area contributed by atoms with Crippen LogP contribution in [0.25, 0.3) is 0 Å². The minimum absolute atomic E-state index is 0.156. The SMILES string of the molecule is COc1ccc2c(c1)CCN1C[C@H]3CCCN(S(C)(=O)=O)[C@H]3C[C@@H]21.COc1ccc2c(c1)CCN1C[C@H]3CCCN(S(C)(=O)=O)[C@H]3C[C@@H]21.O=C(O)/C=C/C(=O)O. The number of rotatable bonds is 6. The standard InChI is InChI=1S/2C18H26N2O3S.C4H4O4/c2*1-23-15-5-6-16-13(10-15)7-9-19-12-14-4-3-8-20(24(2,21)22)17(14)11-18(16)19;5-3(6)1-2-4(7)8/h2*5-6,10,14,17-18H,3-4,7-9,11-12H2,1-2H3;1-2H,(H,5,6)(H,7,8)/b;;2-1+/t2*14-,17+,18+;/m11./s1. The van der Waals surface area contributed by atoms with Crippen molar-refractivity contribution in [2.75, 3.05) is 66.0 Å². The fourth-order valence-corrected chi connectivity index (χ4v) is 12.4. The van der Waals surface area contributed by atoms with E-state index in [1.807, 2.05) is 12.1 Å². The molecule has 8 rings (SSSR count). The van der Waals surface area contributed by atoms with Gasteiger partial charge in [-0.3, -0.25) is 9.80 Å². The molecule has 2 aromatic carbocycles. The minimum atomic E-state index is -3.13. The summed E-state index contributed by atoms with van der Waals surface area (Å²) >= 11 is 0. The molecule has 0 radical (unpaired) electrons. The van der Waals surface area contributed by atoms with Crippen LogP contribution in [0.2, 0.25) is 0 Å². The predicted octanol–water partition coefficient (Wildman–Crippen LogP) is 3.79. The molecular formula is C40H56N4O10S2. The van der Waals surface area contributed by atoms with Crippen LogP contribution in [0.1, 0.15) is 72.9 Å². The van der Waals surface area contributed by atoms with E-state index in [-0.39, 0.29) is 12.1 Å². The van der Waals surface area contributed by atoms with Gasteiger partial charge in [-0.15, -0.1) is 0 Å². The van der Waals surface area contributed by atoms with Gasteiger partial charge in [0.1, 0.15) is 11.5 Å². The lowest BCUT2D eigenvalue weighted by molar-refractivity contribution is -0.134. The Morgan fingerprint density at radius 1 is 0.661 bits per heavy atom. The largest absolute Gasteiger partial charge is 0.497 e. The van der Waals surface area contributed by atoms with E-state index in [0.29, 0.717) is 49.2 Å². The highest BCUT2D eigenvalue weighted by molar-refractivity contribution is 7.88. The Labute approximate surface area is 331 Å². The van der Waals surface area contributed by atoms with Crippen LogP contribution in [0.5, 0.6) is 11.5 Å². The third kappa shape index (κ3) is 9.59. The number of nitrogens with zero attached hydrogens (tertiary/aromatic N) is 4. The van der Waals surface area contributed by atoms with Crippen LogP contribution in [0, 0.1) is 11.8 Å². The second-order valence-corrected chi connectivity index (χ2v) is 19.7. The number of sulfonamides is 2. The molecule has 0 bridgehead atoms. The summed E-state index contributed by atoms with van der Waals surface area (Å²) < 4.78 is 63.2. The molecule has 0 unspecified atom stereocenters. The summed E-state index contributed by atoms with van der Waals surface area (Å²) in [7, 11) is -2.85. The number of hydrogen-bond donors (Lipinski definition) is 2. The van der Waals surface area contributed by atoms with Crippen molar-refractivity contribution in [3.8, 4) is 11.5 Å². The second-order valence-electron chi connectivity index (χ2n) is 15.8. The fourth-order valence-electron chi connectivity index (χ4n) is 10.0. The maximum atomic E-state index is 12.2. The third-order valence-electron chi connectivity index (χ3n) is 12.5. The van der Waals surface area contributed by atoms with Gasteiger partial charge >= 0.3 is 11.9 Å². The number of carboxylic acids is 2. The number of aliphatic carboxylic acids is 2. The smallest absolute Gasteiger partial charge is 0.328 e. The monoisotopic (exact) mass is 816 g/mol. The Hall–Kier alpha value is -3.54. The highest BCUT2D eigenvalue weighted by atomic mass is 32.2. The molecule has 0 saturated carbocycles. The number of hydrogen-bond acceptors (Lipinski definition) is 10. The van der Waals surface area contributed by atoms with Gasteiger partial charge in [-0.25, -0.2) is 26.4 Å². The van der Waals surface area contributed by atoms with E-state index in [4.69, 9.17) is 19.7 Å². The van der Waals surface area contributed by atoms with Gasteiger partial charge in [0.05, 0.1) is 26.7 Å². The predicted molar refractivity (Wildman–Crippen MR) is 212 cm³/mol. The Bertz CT molecular complexity index is 1870. The van der Waals surface area contributed by atoms with E-state index in [1.165, 1.54) is 34.8 Å². The molecule has 4 fully saturated rings. The molecule has 6 heterocycles. The van der Waals surface area contributed by atoms with E-state index in [0.717, 1.165) is 89.0 Å². The Morgan fingerprint density at radius 3 is 1.39 bits per heavy atom. The first-order chi connectivity index (χ1) is 26.6. The van der Waals surface area contributed by atoms with E-state index in [9.17, 15) is 26.4 Å². The average Bonchev–Trinajstić information content (AvgIpc) is 3.17. The molecule has 56 heavy (non-hydrogen) atoms.